The largest absolute Gasteiger partial charge is 0.322 e. The number of pyridine rings is 1. The first-order chi connectivity index (χ1) is 12.7. The van der Waals surface area contributed by atoms with Crippen molar-refractivity contribution in [3.8, 4) is 0 Å². The SMILES string of the molecule is O=C(Nc1cccc(F)c1)N(CCc1ccccc1)Cc1cccnc1. The molecule has 3 rings (SSSR count). The van der Waals surface area contributed by atoms with E-state index in [9.17, 15) is 9.18 Å². The predicted octanol–water partition coefficient (Wildman–Crippen LogP) is 4.50. The Bertz CT molecular complexity index is 840. The van der Waals surface area contributed by atoms with Gasteiger partial charge >= 0.3 is 6.03 Å². The molecule has 1 aromatic heterocycles. The minimum Gasteiger partial charge on any atom is -0.320 e. The number of halogens is 1. The summed E-state index contributed by atoms with van der Waals surface area (Å²) < 4.78 is 13.4. The fraction of sp³-hybridized carbons (Fsp3) is 0.143. The molecule has 0 spiro atoms. The lowest BCUT2D eigenvalue weighted by Crippen LogP contribution is -2.36. The number of carbonyl (C=O) groups excluding carboxylic acids is 1. The van der Waals surface area contributed by atoms with Gasteiger partial charge in [-0.2, -0.15) is 0 Å². The van der Waals surface area contributed by atoms with Gasteiger partial charge in [0.15, 0.2) is 0 Å². The van der Waals surface area contributed by atoms with Crippen LogP contribution in [-0.2, 0) is 13.0 Å². The minimum atomic E-state index is -0.383. The summed E-state index contributed by atoms with van der Waals surface area (Å²) in [5.41, 5.74) is 2.53. The van der Waals surface area contributed by atoms with Gasteiger partial charge in [-0.15, -0.1) is 0 Å². The third-order valence-corrected chi connectivity index (χ3v) is 3.97. The van der Waals surface area contributed by atoms with Crippen molar-refractivity contribution in [3.63, 3.8) is 0 Å². The van der Waals surface area contributed by atoms with Gasteiger partial charge in [0.05, 0.1) is 0 Å². The molecule has 2 aromatic carbocycles. The van der Waals surface area contributed by atoms with Crippen LogP contribution in [0.1, 0.15) is 11.1 Å². The van der Waals surface area contributed by atoms with Crippen molar-refractivity contribution < 1.29 is 9.18 Å². The van der Waals surface area contributed by atoms with Crippen LogP contribution in [-0.4, -0.2) is 22.5 Å². The van der Waals surface area contributed by atoms with E-state index >= 15 is 0 Å². The van der Waals surface area contributed by atoms with E-state index < -0.39 is 0 Å². The molecular formula is C21H20FN3O. The fourth-order valence-corrected chi connectivity index (χ4v) is 2.64. The molecule has 0 aliphatic carbocycles. The maximum atomic E-state index is 13.4. The maximum Gasteiger partial charge on any atom is 0.322 e. The highest BCUT2D eigenvalue weighted by molar-refractivity contribution is 5.89. The second-order valence-electron chi connectivity index (χ2n) is 5.96. The van der Waals surface area contributed by atoms with E-state index in [2.05, 4.69) is 10.3 Å². The van der Waals surface area contributed by atoms with Gasteiger partial charge in [0.2, 0.25) is 0 Å². The first-order valence-electron chi connectivity index (χ1n) is 8.45. The number of hydrogen-bond donors (Lipinski definition) is 1. The Balaban J connectivity index is 1.71. The number of hydrogen-bond acceptors (Lipinski definition) is 2. The summed E-state index contributed by atoms with van der Waals surface area (Å²) >= 11 is 0. The number of nitrogens with one attached hydrogen (secondary N) is 1. The van der Waals surface area contributed by atoms with Crippen LogP contribution in [0.2, 0.25) is 0 Å². The Morgan fingerprint density at radius 2 is 1.81 bits per heavy atom. The molecule has 2 amide bonds. The topological polar surface area (TPSA) is 45.2 Å². The monoisotopic (exact) mass is 349 g/mol. The van der Waals surface area contributed by atoms with Gasteiger partial charge in [-0.05, 0) is 41.8 Å². The molecule has 0 unspecified atom stereocenters. The molecule has 0 bridgehead atoms. The van der Waals surface area contributed by atoms with E-state index in [1.54, 1.807) is 29.4 Å². The van der Waals surface area contributed by atoms with Crippen molar-refractivity contribution in [1.82, 2.24) is 9.88 Å². The zero-order valence-corrected chi connectivity index (χ0v) is 14.3. The number of rotatable bonds is 6. The second-order valence-corrected chi connectivity index (χ2v) is 5.96. The van der Waals surface area contributed by atoms with Crippen molar-refractivity contribution in [2.24, 2.45) is 0 Å². The normalized spacial score (nSPS) is 10.3. The van der Waals surface area contributed by atoms with Gasteiger partial charge in [-0.3, -0.25) is 4.98 Å². The van der Waals surface area contributed by atoms with Crippen LogP contribution < -0.4 is 5.32 Å². The Morgan fingerprint density at radius 3 is 2.54 bits per heavy atom. The summed E-state index contributed by atoms with van der Waals surface area (Å²) in [5.74, 6) is -0.383. The Labute approximate surface area is 152 Å². The molecule has 0 atom stereocenters. The van der Waals surface area contributed by atoms with Crippen LogP contribution in [0.25, 0.3) is 0 Å². The quantitative estimate of drug-likeness (QED) is 0.712. The maximum absolute atomic E-state index is 13.4. The van der Waals surface area contributed by atoms with Crippen molar-refractivity contribution in [2.45, 2.75) is 13.0 Å². The van der Waals surface area contributed by atoms with Gasteiger partial charge < -0.3 is 10.2 Å². The third-order valence-electron chi connectivity index (χ3n) is 3.97. The Kier molecular flexibility index (Phi) is 5.93. The number of anilines is 1. The van der Waals surface area contributed by atoms with Crippen molar-refractivity contribution in [2.75, 3.05) is 11.9 Å². The summed E-state index contributed by atoms with van der Waals surface area (Å²) in [4.78, 5) is 18.5. The van der Waals surface area contributed by atoms with Gasteiger partial charge in [-0.25, -0.2) is 9.18 Å². The summed E-state index contributed by atoms with van der Waals surface area (Å²) in [6, 6.07) is 19.4. The molecule has 0 fully saturated rings. The predicted molar refractivity (Wildman–Crippen MR) is 100 cm³/mol. The first-order valence-corrected chi connectivity index (χ1v) is 8.45. The molecule has 0 saturated carbocycles. The summed E-state index contributed by atoms with van der Waals surface area (Å²) in [5, 5.41) is 2.77. The lowest BCUT2D eigenvalue weighted by atomic mass is 10.1. The zero-order valence-electron chi connectivity index (χ0n) is 14.3. The molecule has 5 heteroatoms. The molecule has 3 aromatic rings. The van der Waals surface area contributed by atoms with E-state index in [1.165, 1.54) is 12.1 Å². The lowest BCUT2D eigenvalue weighted by molar-refractivity contribution is 0.209. The van der Waals surface area contributed by atoms with Crippen LogP contribution in [0.15, 0.2) is 79.1 Å². The number of nitrogens with zero attached hydrogens (tertiary/aromatic N) is 2. The van der Waals surface area contributed by atoms with E-state index in [0.29, 0.717) is 18.8 Å². The molecule has 4 nitrogen and oxygen atoms in total. The molecule has 0 aliphatic heterocycles. The fourth-order valence-electron chi connectivity index (χ4n) is 2.64. The molecular weight excluding hydrogens is 329 g/mol. The number of benzene rings is 2. The molecule has 132 valence electrons. The van der Waals surface area contributed by atoms with E-state index in [1.807, 2.05) is 42.5 Å². The average molecular weight is 349 g/mol. The van der Waals surface area contributed by atoms with Crippen LogP contribution in [0.3, 0.4) is 0 Å². The number of urea groups is 1. The standard InChI is InChI=1S/C21H20FN3O/c22-19-9-4-10-20(14-19)24-21(26)25(16-18-8-5-12-23-15-18)13-11-17-6-2-1-3-7-17/h1-10,12,14-15H,11,13,16H2,(H,24,26). The van der Waals surface area contributed by atoms with Gasteiger partial charge in [0, 0.05) is 31.2 Å². The van der Waals surface area contributed by atoms with Crippen LogP contribution >= 0.6 is 0 Å². The molecule has 0 radical (unpaired) electrons. The smallest absolute Gasteiger partial charge is 0.320 e. The number of carbonyl (C=O) groups is 1. The van der Waals surface area contributed by atoms with Crippen LogP contribution in [0.4, 0.5) is 14.9 Å². The van der Waals surface area contributed by atoms with E-state index in [0.717, 1.165) is 17.5 Å². The van der Waals surface area contributed by atoms with Crippen LogP contribution in [0, 0.1) is 5.82 Å². The molecule has 0 saturated heterocycles. The summed E-state index contributed by atoms with van der Waals surface area (Å²) in [6.07, 6.45) is 4.17. The Morgan fingerprint density at radius 1 is 1.00 bits per heavy atom. The van der Waals surface area contributed by atoms with Crippen molar-refractivity contribution >= 4 is 11.7 Å². The average Bonchev–Trinajstić information content (AvgIpc) is 2.66. The van der Waals surface area contributed by atoms with Crippen molar-refractivity contribution in [3.05, 3.63) is 96.1 Å². The van der Waals surface area contributed by atoms with Crippen LogP contribution in [0.5, 0.6) is 0 Å². The third kappa shape index (κ3) is 5.14. The highest BCUT2D eigenvalue weighted by atomic mass is 19.1. The van der Waals surface area contributed by atoms with Crippen molar-refractivity contribution in [1.29, 1.82) is 0 Å². The highest BCUT2D eigenvalue weighted by Gasteiger charge is 2.15. The number of amides is 2. The molecule has 1 heterocycles. The molecule has 1 N–H and O–H groups in total. The molecule has 26 heavy (non-hydrogen) atoms. The van der Waals surface area contributed by atoms with Gasteiger partial charge in [0.1, 0.15) is 5.82 Å². The zero-order chi connectivity index (χ0) is 18.2. The second kappa shape index (κ2) is 8.76. The molecule has 0 aliphatic rings. The highest BCUT2D eigenvalue weighted by Crippen LogP contribution is 2.12. The Hall–Kier alpha value is -3.21. The first kappa shape index (κ1) is 17.6. The van der Waals surface area contributed by atoms with Gasteiger partial charge in [-0.1, -0.05) is 42.5 Å². The van der Waals surface area contributed by atoms with E-state index in [4.69, 9.17) is 0 Å². The lowest BCUT2D eigenvalue weighted by Gasteiger charge is -2.23. The van der Waals surface area contributed by atoms with Gasteiger partial charge in [0.25, 0.3) is 0 Å². The summed E-state index contributed by atoms with van der Waals surface area (Å²) in [6.45, 7) is 0.974. The van der Waals surface area contributed by atoms with E-state index in [-0.39, 0.29) is 11.8 Å². The summed E-state index contributed by atoms with van der Waals surface area (Å²) in [7, 11) is 0. The minimum absolute atomic E-state index is 0.268. The number of aromatic nitrogens is 1.